The van der Waals surface area contributed by atoms with E-state index in [9.17, 15) is 14.7 Å². The molecule has 0 saturated carbocycles. The highest BCUT2D eigenvalue weighted by molar-refractivity contribution is 6.31. The Bertz CT molecular complexity index is 1460. The molecule has 4 aromatic rings. The lowest BCUT2D eigenvalue weighted by Crippen LogP contribution is -2.35. The average Bonchev–Trinajstić information content (AvgIpc) is 3.29. The standard InChI is InChI=1S/C30H27ClN2O4/c1-20-10-13-26(24-17-22(31)11-15-28(24)37-19-21-7-3-2-4-8-21)33(20)27-14-12-23(18-25(27)30(35)36)32-16-6-5-9-29(32)34/h2-4,7-8,10-15,17-18H,5-6,9,16,19H2,1H3,(H,35,36). The Labute approximate surface area is 220 Å². The van der Waals surface area contributed by atoms with Crippen molar-refractivity contribution < 1.29 is 19.4 Å². The van der Waals surface area contributed by atoms with Crippen LogP contribution < -0.4 is 9.64 Å². The minimum absolute atomic E-state index is 0.0207. The van der Waals surface area contributed by atoms with E-state index < -0.39 is 5.97 Å². The van der Waals surface area contributed by atoms with Crippen molar-refractivity contribution in [3.8, 4) is 22.7 Å². The van der Waals surface area contributed by atoms with Crippen molar-refractivity contribution in [2.24, 2.45) is 0 Å². The lowest BCUT2D eigenvalue weighted by Gasteiger charge is -2.27. The number of aromatic nitrogens is 1. The summed E-state index contributed by atoms with van der Waals surface area (Å²) in [6, 6.07) is 24.4. The quantitative estimate of drug-likeness (QED) is 0.291. The molecule has 1 amide bonds. The van der Waals surface area contributed by atoms with Gasteiger partial charge in [0, 0.05) is 34.9 Å². The normalized spacial score (nSPS) is 13.6. The van der Waals surface area contributed by atoms with E-state index in [1.54, 1.807) is 23.1 Å². The third-order valence-electron chi connectivity index (χ3n) is 6.62. The zero-order chi connectivity index (χ0) is 25.9. The number of anilines is 1. The fourth-order valence-corrected chi connectivity index (χ4v) is 4.94. The van der Waals surface area contributed by atoms with Gasteiger partial charge in [-0.05, 0) is 73.9 Å². The smallest absolute Gasteiger partial charge is 0.337 e. The van der Waals surface area contributed by atoms with Crippen LogP contribution in [0.5, 0.6) is 5.75 Å². The van der Waals surface area contributed by atoms with Crippen LogP contribution in [-0.2, 0) is 11.4 Å². The Balaban J connectivity index is 1.58. The van der Waals surface area contributed by atoms with E-state index in [2.05, 4.69) is 0 Å². The van der Waals surface area contributed by atoms with Crippen LogP contribution in [0.4, 0.5) is 5.69 Å². The number of halogens is 1. The van der Waals surface area contributed by atoms with Gasteiger partial charge >= 0.3 is 5.97 Å². The molecule has 6 nitrogen and oxygen atoms in total. The Hall–Kier alpha value is -4.03. The van der Waals surface area contributed by atoms with Crippen LogP contribution in [0.15, 0.2) is 78.9 Å². The molecule has 0 aliphatic carbocycles. The number of carbonyl (C=O) groups is 2. The first-order valence-electron chi connectivity index (χ1n) is 12.3. The number of aromatic carboxylic acids is 1. The van der Waals surface area contributed by atoms with Crippen LogP contribution in [0.1, 0.15) is 40.9 Å². The number of hydrogen-bond acceptors (Lipinski definition) is 3. The van der Waals surface area contributed by atoms with Gasteiger partial charge in [0.25, 0.3) is 0 Å². The molecule has 37 heavy (non-hydrogen) atoms. The first-order chi connectivity index (χ1) is 17.9. The molecule has 3 aromatic carbocycles. The van der Waals surface area contributed by atoms with Crippen molar-refractivity contribution in [2.45, 2.75) is 32.8 Å². The molecule has 2 heterocycles. The lowest BCUT2D eigenvalue weighted by molar-refractivity contribution is -0.119. The number of carbonyl (C=O) groups excluding carboxylic acids is 1. The Morgan fingerprint density at radius 2 is 1.81 bits per heavy atom. The first kappa shape index (κ1) is 24.7. The van der Waals surface area contributed by atoms with Crippen LogP contribution in [0, 0.1) is 6.92 Å². The van der Waals surface area contributed by atoms with Gasteiger partial charge < -0.3 is 19.3 Å². The second-order valence-electron chi connectivity index (χ2n) is 9.12. The molecule has 0 unspecified atom stereocenters. The van der Waals surface area contributed by atoms with Crippen LogP contribution >= 0.6 is 11.6 Å². The van der Waals surface area contributed by atoms with Crippen LogP contribution in [0.3, 0.4) is 0 Å². The topological polar surface area (TPSA) is 71.8 Å². The van der Waals surface area contributed by atoms with Gasteiger partial charge in [-0.15, -0.1) is 0 Å². The van der Waals surface area contributed by atoms with Crippen molar-refractivity contribution in [1.29, 1.82) is 0 Å². The highest BCUT2D eigenvalue weighted by Crippen LogP contribution is 2.37. The summed E-state index contributed by atoms with van der Waals surface area (Å²) in [4.78, 5) is 26.5. The summed E-state index contributed by atoms with van der Waals surface area (Å²) >= 11 is 6.39. The molecule has 5 rings (SSSR count). The number of aryl methyl sites for hydroxylation is 1. The molecule has 0 spiro atoms. The summed E-state index contributed by atoms with van der Waals surface area (Å²) in [5.41, 5.74) is 4.62. The highest BCUT2D eigenvalue weighted by Gasteiger charge is 2.24. The van der Waals surface area contributed by atoms with Gasteiger partial charge in [-0.1, -0.05) is 41.9 Å². The number of nitrogens with zero attached hydrogens (tertiary/aromatic N) is 2. The second kappa shape index (κ2) is 10.5. The summed E-state index contributed by atoms with van der Waals surface area (Å²) in [5, 5.41) is 10.7. The zero-order valence-electron chi connectivity index (χ0n) is 20.5. The van der Waals surface area contributed by atoms with E-state index in [1.165, 1.54) is 0 Å². The fourth-order valence-electron chi connectivity index (χ4n) is 4.77. The van der Waals surface area contributed by atoms with E-state index in [-0.39, 0.29) is 11.5 Å². The predicted molar refractivity (Wildman–Crippen MR) is 145 cm³/mol. The molecule has 1 N–H and O–H groups in total. The Morgan fingerprint density at radius 1 is 1.00 bits per heavy atom. The van der Waals surface area contributed by atoms with Gasteiger partial charge in [0.1, 0.15) is 12.4 Å². The number of amides is 1. The molecule has 1 aliphatic heterocycles. The maximum absolute atomic E-state index is 12.5. The van der Waals surface area contributed by atoms with Crippen molar-refractivity contribution >= 4 is 29.2 Å². The molecule has 0 atom stereocenters. The molecule has 0 bridgehead atoms. The summed E-state index contributed by atoms with van der Waals surface area (Å²) in [5.74, 6) is -0.403. The van der Waals surface area contributed by atoms with Gasteiger partial charge in [0.15, 0.2) is 0 Å². The number of piperidine rings is 1. The average molecular weight is 515 g/mol. The van der Waals surface area contributed by atoms with E-state index in [0.717, 1.165) is 35.4 Å². The third-order valence-corrected chi connectivity index (χ3v) is 6.85. The van der Waals surface area contributed by atoms with Crippen LogP contribution in [-0.4, -0.2) is 28.1 Å². The summed E-state index contributed by atoms with van der Waals surface area (Å²) in [7, 11) is 0. The molecule has 1 aromatic heterocycles. The van der Waals surface area contributed by atoms with E-state index in [0.29, 0.717) is 41.7 Å². The molecular weight excluding hydrogens is 488 g/mol. The number of hydrogen-bond donors (Lipinski definition) is 1. The molecular formula is C30H27ClN2O4. The van der Waals surface area contributed by atoms with Gasteiger partial charge in [-0.2, -0.15) is 0 Å². The minimum Gasteiger partial charge on any atom is -0.488 e. The molecule has 1 aliphatic rings. The van der Waals surface area contributed by atoms with Gasteiger partial charge in [-0.25, -0.2) is 4.79 Å². The summed E-state index contributed by atoms with van der Waals surface area (Å²) in [6.45, 7) is 2.90. The number of benzene rings is 3. The van der Waals surface area contributed by atoms with E-state index in [4.69, 9.17) is 16.3 Å². The number of rotatable bonds is 7. The van der Waals surface area contributed by atoms with Crippen molar-refractivity contribution in [2.75, 3.05) is 11.4 Å². The van der Waals surface area contributed by atoms with Gasteiger partial charge in [0.2, 0.25) is 5.91 Å². The van der Waals surface area contributed by atoms with Crippen molar-refractivity contribution in [3.63, 3.8) is 0 Å². The van der Waals surface area contributed by atoms with Crippen LogP contribution in [0.25, 0.3) is 16.9 Å². The van der Waals surface area contributed by atoms with Crippen LogP contribution in [0.2, 0.25) is 5.02 Å². The number of ether oxygens (including phenoxy) is 1. The molecule has 7 heteroatoms. The lowest BCUT2D eigenvalue weighted by atomic mass is 10.1. The zero-order valence-corrected chi connectivity index (χ0v) is 21.2. The molecule has 0 radical (unpaired) electrons. The van der Waals surface area contributed by atoms with E-state index in [1.807, 2.05) is 72.2 Å². The first-order valence-corrected chi connectivity index (χ1v) is 12.6. The minimum atomic E-state index is -1.06. The van der Waals surface area contributed by atoms with Crippen molar-refractivity contribution in [3.05, 3.63) is 101 Å². The SMILES string of the molecule is Cc1ccc(-c2cc(Cl)ccc2OCc2ccccc2)n1-c1ccc(N2CCCCC2=O)cc1C(=O)O. The Kier molecular flexibility index (Phi) is 7.01. The Morgan fingerprint density at radius 3 is 2.57 bits per heavy atom. The number of carboxylic acid groups (broad SMARTS) is 1. The fraction of sp³-hybridized carbons (Fsp3) is 0.200. The third kappa shape index (κ3) is 5.11. The predicted octanol–water partition coefficient (Wildman–Crippen LogP) is 6.90. The maximum atomic E-state index is 12.5. The van der Waals surface area contributed by atoms with E-state index >= 15 is 0 Å². The largest absolute Gasteiger partial charge is 0.488 e. The molecule has 188 valence electrons. The molecule has 1 fully saturated rings. The highest BCUT2D eigenvalue weighted by atomic mass is 35.5. The van der Waals surface area contributed by atoms with Gasteiger partial charge in [-0.3, -0.25) is 4.79 Å². The second-order valence-corrected chi connectivity index (χ2v) is 9.56. The van der Waals surface area contributed by atoms with Crippen molar-refractivity contribution in [1.82, 2.24) is 4.57 Å². The summed E-state index contributed by atoms with van der Waals surface area (Å²) in [6.07, 6.45) is 2.24. The summed E-state index contributed by atoms with van der Waals surface area (Å²) < 4.78 is 8.08. The monoisotopic (exact) mass is 514 g/mol. The number of carboxylic acids is 1. The van der Waals surface area contributed by atoms with Gasteiger partial charge in [0.05, 0.1) is 16.9 Å². The molecule has 1 saturated heterocycles. The maximum Gasteiger partial charge on any atom is 0.337 e.